The number of fused-ring (bicyclic) bond motifs is 1. The number of halogens is 3. The molecule has 3 atom stereocenters. The molecule has 0 radical (unpaired) electrons. The zero-order valence-corrected chi connectivity index (χ0v) is 26.9. The normalized spacial score (nSPS) is 22.1. The number of rotatable bonds is 8. The average molecular weight is 646 g/mol. The number of piperidine rings is 2. The number of hydrogen-bond donors (Lipinski definition) is 2. The second-order valence-electron chi connectivity index (χ2n) is 13.6. The van der Waals surface area contributed by atoms with Gasteiger partial charge in [-0.1, -0.05) is 0 Å². The molecule has 11 heteroatoms. The van der Waals surface area contributed by atoms with E-state index in [0.717, 1.165) is 61.4 Å². The molecule has 3 fully saturated rings. The quantitative estimate of drug-likeness (QED) is 0.250. The van der Waals surface area contributed by atoms with Crippen molar-refractivity contribution in [2.45, 2.75) is 76.5 Å². The number of nitrogens with zero attached hydrogens (tertiary/aromatic N) is 5. The van der Waals surface area contributed by atoms with Gasteiger partial charge in [0.05, 0.1) is 35.7 Å². The molecule has 248 valence electrons. The monoisotopic (exact) mass is 645 g/mol. The molecule has 8 nitrogen and oxygen atoms in total. The molecule has 3 aromatic heterocycles. The number of alkyl halides is 2. The maximum absolute atomic E-state index is 15.6. The van der Waals surface area contributed by atoms with Crippen molar-refractivity contribution >= 4 is 22.3 Å². The Hall–Kier alpha value is -3.96. The zero-order chi connectivity index (χ0) is 32.9. The molecule has 1 unspecified atom stereocenters. The first kappa shape index (κ1) is 31.6. The first-order valence-corrected chi connectivity index (χ1v) is 16.7. The van der Waals surface area contributed by atoms with Crippen LogP contribution in [0, 0.1) is 25.6 Å². The van der Waals surface area contributed by atoms with E-state index in [0.29, 0.717) is 17.6 Å². The average Bonchev–Trinajstić information content (AvgIpc) is 3.90. The van der Waals surface area contributed by atoms with E-state index in [1.165, 1.54) is 11.0 Å². The smallest absolute Gasteiger partial charge is 0.280 e. The van der Waals surface area contributed by atoms with Gasteiger partial charge in [-0.2, -0.15) is 0 Å². The highest BCUT2D eigenvalue weighted by Crippen LogP contribution is 2.39. The highest BCUT2D eigenvalue weighted by molar-refractivity contribution is 5.84. The summed E-state index contributed by atoms with van der Waals surface area (Å²) >= 11 is 0. The summed E-state index contributed by atoms with van der Waals surface area (Å²) in [6, 6.07) is 9.99. The number of nitrogens with two attached hydrogens (primary N) is 1. The van der Waals surface area contributed by atoms with E-state index in [1.807, 2.05) is 49.1 Å². The van der Waals surface area contributed by atoms with Crippen molar-refractivity contribution < 1.29 is 13.2 Å². The van der Waals surface area contributed by atoms with Gasteiger partial charge in [0.25, 0.3) is 5.92 Å². The lowest BCUT2D eigenvalue weighted by Crippen LogP contribution is -2.55. The van der Waals surface area contributed by atoms with E-state index in [2.05, 4.69) is 32.3 Å². The van der Waals surface area contributed by atoms with Crippen LogP contribution in [-0.2, 0) is 6.54 Å². The molecule has 5 heterocycles. The van der Waals surface area contributed by atoms with Crippen LogP contribution in [0.4, 0.5) is 24.5 Å². The predicted molar refractivity (Wildman–Crippen MR) is 179 cm³/mol. The maximum Gasteiger partial charge on any atom is 0.280 e. The Morgan fingerprint density at radius 2 is 1.85 bits per heavy atom. The number of aromatic nitrogens is 3. The van der Waals surface area contributed by atoms with Gasteiger partial charge >= 0.3 is 0 Å². The van der Waals surface area contributed by atoms with Crippen molar-refractivity contribution in [3.05, 3.63) is 93.5 Å². The third kappa shape index (κ3) is 6.47. The van der Waals surface area contributed by atoms with Crippen molar-refractivity contribution in [1.29, 1.82) is 0 Å². The number of benzene rings is 1. The summed E-state index contributed by atoms with van der Waals surface area (Å²) in [7, 11) is 0. The van der Waals surface area contributed by atoms with E-state index in [1.54, 1.807) is 6.07 Å². The lowest BCUT2D eigenvalue weighted by atomic mass is 9.86. The van der Waals surface area contributed by atoms with E-state index in [-0.39, 0.29) is 47.5 Å². The van der Waals surface area contributed by atoms with Gasteiger partial charge in [-0.25, -0.2) is 13.2 Å². The van der Waals surface area contributed by atoms with Crippen molar-refractivity contribution in [2.24, 2.45) is 11.7 Å². The third-order valence-electron chi connectivity index (χ3n) is 10.1. The van der Waals surface area contributed by atoms with Crippen LogP contribution in [0.25, 0.3) is 10.9 Å². The van der Waals surface area contributed by atoms with Gasteiger partial charge in [-0.05, 0) is 93.8 Å². The largest absolute Gasteiger partial charge is 0.370 e. The Kier molecular flexibility index (Phi) is 8.46. The van der Waals surface area contributed by atoms with Crippen LogP contribution in [0.2, 0.25) is 0 Å². The maximum atomic E-state index is 15.6. The van der Waals surface area contributed by atoms with Gasteiger partial charge in [0.1, 0.15) is 5.82 Å². The predicted octanol–water partition coefficient (Wildman–Crippen LogP) is 5.80. The minimum absolute atomic E-state index is 0.0476. The van der Waals surface area contributed by atoms with E-state index >= 15 is 4.39 Å². The molecule has 47 heavy (non-hydrogen) atoms. The molecule has 1 aromatic carbocycles. The summed E-state index contributed by atoms with van der Waals surface area (Å²) in [5, 5.41) is 4.00. The Bertz CT molecular complexity index is 1820. The number of pyridine rings is 3. The summed E-state index contributed by atoms with van der Waals surface area (Å²) in [4.78, 5) is 26.6. The van der Waals surface area contributed by atoms with Gasteiger partial charge < -0.3 is 25.4 Å². The minimum Gasteiger partial charge on any atom is -0.370 e. The highest BCUT2D eigenvalue weighted by Gasteiger charge is 2.43. The van der Waals surface area contributed by atoms with E-state index < -0.39 is 24.3 Å². The highest BCUT2D eigenvalue weighted by atomic mass is 19.3. The molecule has 1 saturated carbocycles. The molecule has 7 rings (SSSR count). The Morgan fingerprint density at radius 1 is 1.02 bits per heavy atom. The molecular formula is C36H42F3N7O. The first-order valence-electron chi connectivity index (χ1n) is 16.7. The van der Waals surface area contributed by atoms with Gasteiger partial charge in [-0.3, -0.25) is 14.8 Å². The second kappa shape index (κ2) is 12.6. The van der Waals surface area contributed by atoms with Gasteiger partial charge in [0.15, 0.2) is 5.43 Å². The van der Waals surface area contributed by atoms with Crippen molar-refractivity contribution in [3.63, 3.8) is 0 Å². The van der Waals surface area contributed by atoms with E-state index in [9.17, 15) is 13.6 Å². The summed E-state index contributed by atoms with van der Waals surface area (Å²) in [6.45, 7) is 5.63. The molecule has 3 aliphatic rings. The summed E-state index contributed by atoms with van der Waals surface area (Å²) in [5.41, 5.74) is 10.7. The van der Waals surface area contributed by atoms with Crippen molar-refractivity contribution in [3.8, 4) is 0 Å². The van der Waals surface area contributed by atoms with Gasteiger partial charge in [0, 0.05) is 73.0 Å². The van der Waals surface area contributed by atoms with Crippen LogP contribution in [0.15, 0.2) is 59.8 Å². The number of aryl methyl sites for hydroxylation is 2. The van der Waals surface area contributed by atoms with Gasteiger partial charge in [0.2, 0.25) is 0 Å². The zero-order valence-electron chi connectivity index (χ0n) is 26.9. The van der Waals surface area contributed by atoms with E-state index in [4.69, 9.17) is 5.73 Å². The van der Waals surface area contributed by atoms with Crippen LogP contribution in [0.5, 0.6) is 0 Å². The third-order valence-corrected chi connectivity index (χ3v) is 10.1. The van der Waals surface area contributed by atoms with Crippen LogP contribution in [0.3, 0.4) is 0 Å². The Balaban J connectivity index is 1.20. The Labute approximate surface area is 272 Å². The lowest BCUT2D eigenvalue weighted by Gasteiger charge is -2.39. The molecule has 0 spiro atoms. The van der Waals surface area contributed by atoms with Crippen LogP contribution < -0.4 is 26.3 Å². The fourth-order valence-electron chi connectivity index (χ4n) is 7.30. The summed E-state index contributed by atoms with van der Waals surface area (Å²) in [5.74, 6) is -3.54. The second-order valence-corrected chi connectivity index (χ2v) is 13.6. The number of nitrogens with one attached hydrogen (secondary N) is 1. The molecule has 0 bridgehead atoms. The molecular weight excluding hydrogens is 603 g/mol. The molecule has 4 aromatic rings. The van der Waals surface area contributed by atoms with Crippen LogP contribution in [-0.4, -0.2) is 52.7 Å². The molecule has 0 amide bonds. The SMILES string of the molecule is Cc1ccc(N2CCC[C@H](C(NCc3cn(C4CC4)c4cc(N5CC[C@H](N)C(F)(F)C5)c(F)cc4c3=O)c3ccnc(C)c3)C2)cn1. The molecule has 1 aliphatic carbocycles. The van der Waals surface area contributed by atoms with Crippen molar-refractivity contribution in [2.75, 3.05) is 36.0 Å². The van der Waals surface area contributed by atoms with Crippen LogP contribution in [0.1, 0.15) is 66.7 Å². The fourth-order valence-corrected chi connectivity index (χ4v) is 7.30. The number of hydrogen-bond acceptors (Lipinski definition) is 7. The Morgan fingerprint density at radius 3 is 2.57 bits per heavy atom. The first-order chi connectivity index (χ1) is 22.6. The van der Waals surface area contributed by atoms with Crippen molar-refractivity contribution in [1.82, 2.24) is 19.9 Å². The summed E-state index contributed by atoms with van der Waals surface area (Å²) in [6.07, 6.45) is 9.64. The van der Waals surface area contributed by atoms with Crippen LogP contribution >= 0.6 is 0 Å². The van der Waals surface area contributed by atoms with Gasteiger partial charge in [-0.15, -0.1) is 0 Å². The standard InChI is InChI=1S/C36H42F3N7O/c1-22-5-6-28(18-42-22)44-12-3-4-25(19-44)34(24-9-11-41-23(2)14-24)43-17-26-20-46(27-7-8-27)31-16-32(30(37)15-29(31)35(26)47)45-13-10-33(40)36(38,39)21-45/h5-6,9,11,14-16,18,20,25,27,33-34,43H,3-4,7-8,10,12-13,17,19,21,40H2,1-2H3/t25-,33-,34?/m0/s1. The molecule has 3 N–H and O–H groups in total. The fraction of sp³-hybridized carbons (Fsp3) is 0.472. The lowest BCUT2D eigenvalue weighted by molar-refractivity contribution is -0.0301. The molecule has 2 aliphatic heterocycles. The minimum atomic E-state index is -3.12. The number of anilines is 2. The summed E-state index contributed by atoms with van der Waals surface area (Å²) < 4.78 is 46.7. The molecule has 2 saturated heterocycles. The topological polar surface area (TPSA) is 92.3 Å².